The molecule has 96 valence electrons. The zero-order chi connectivity index (χ0) is 13.5. The van der Waals surface area contributed by atoms with E-state index in [2.05, 4.69) is 15.8 Å². The van der Waals surface area contributed by atoms with Gasteiger partial charge in [0.15, 0.2) is 0 Å². The quantitative estimate of drug-likeness (QED) is 0.653. The van der Waals surface area contributed by atoms with E-state index in [0.29, 0.717) is 10.7 Å². The van der Waals surface area contributed by atoms with Gasteiger partial charge in [0, 0.05) is 10.7 Å². The number of hydrogen-bond acceptors (Lipinski definition) is 2. The number of urea groups is 1. The van der Waals surface area contributed by atoms with Crippen LogP contribution in [0.2, 0.25) is 5.02 Å². The molecule has 0 saturated carbocycles. The SMILES string of the molecule is O=C(N/N=C\c1ccccc1)Nc1cccc(Cl)c1. The number of carbonyl (C=O) groups excluding carboxylic acids is 1. The van der Waals surface area contributed by atoms with Gasteiger partial charge in [0.05, 0.1) is 6.21 Å². The van der Waals surface area contributed by atoms with Crippen LogP contribution in [0.1, 0.15) is 5.56 Å². The van der Waals surface area contributed by atoms with Crippen LogP contribution in [0.5, 0.6) is 0 Å². The summed E-state index contributed by atoms with van der Waals surface area (Å²) in [7, 11) is 0. The van der Waals surface area contributed by atoms with Crippen LogP contribution in [-0.4, -0.2) is 12.2 Å². The predicted octanol–water partition coefficient (Wildman–Crippen LogP) is 3.50. The minimum atomic E-state index is -0.422. The Morgan fingerprint density at radius 3 is 2.63 bits per heavy atom. The van der Waals surface area contributed by atoms with Gasteiger partial charge in [-0.1, -0.05) is 48.0 Å². The number of hydrogen-bond donors (Lipinski definition) is 2. The van der Waals surface area contributed by atoms with Crippen molar-refractivity contribution in [3.63, 3.8) is 0 Å². The maximum atomic E-state index is 11.5. The smallest absolute Gasteiger partial charge is 0.306 e. The molecule has 0 aliphatic carbocycles. The van der Waals surface area contributed by atoms with Crippen LogP contribution in [0, 0.1) is 0 Å². The molecule has 19 heavy (non-hydrogen) atoms. The minimum absolute atomic E-state index is 0.422. The van der Waals surface area contributed by atoms with Crippen molar-refractivity contribution in [1.29, 1.82) is 0 Å². The standard InChI is InChI=1S/C14H12ClN3O/c15-12-7-4-8-13(9-12)17-14(19)18-16-10-11-5-2-1-3-6-11/h1-10H,(H2,17,18,19)/b16-10-. The van der Waals surface area contributed by atoms with Crippen LogP contribution in [0.15, 0.2) is 59.7 Å². The van der Waals surface area contributed by atoms with E-state index < -0.39 is 6.03 Å². The lowest BCUT2D eigenvalue weighted by Crippen LogP contribution is -2.24. The summed E-state index contributed by atoms with van der Waals surface area (Å²) in [5, 5.41) is 7.02. The second kappa shape index (κ2) is 6.56. The van der Waals surface area contributed by atoms with Gasteiger partial charge in [-0.25, -0.2) is 10.2 Å². The van der Waals surface area contributed by atoms with Crippen molar-refractivity contribution >= 4 is 29.5 Å². The maximum Gasteiger partial charge on any atom is 0.339 e. The van der Waals surface area contributed by atoms with E-state index >= 15 is 0 Å². The van der Waals surface area contributed by atoms with Gasteiger partial charge in [-0.2, -0.15) is 5.10 Å². The largest absolute Gasteiger partial charge is 0.339 e. The van der Waals surface area contributed by atoms with Gasteiger partial charge in [-0.3, -0.25) is 0 Å². The topological polar surface area (TPSA) is 53.5 Å². The number of hydrazone groups is 1. The highest BCUT2D eigenvalue weighted by Crippen LogP contribution is 2.14. The molecular formula is C14H12ClN3O. The molecule has 0 heterocycles. The molecule has 0 fully saturated rings. The second-order valence-corrected chi connectivity index (χ2v) is 4.18. The molecule has 0 aliphatic rings. The number of benzene rings is 2. The fraction of sp³-hybridized carbons (Fsp3) is 0. The average Bonchev–Trinajstić information content (AvgIpc) is 2.40. The zero-order valence-electron chi connectivity index (χ0n) is 10.0. The van der Waals surface area contributed by atoms with E-state index in [9.17, 15) is 4.79 Å². The van der Waals surface area contributed by atoms with Gasteiger partial charge in [0.25, 0.3) is 0 Å². The molecule has 0 aliphatic heterocycles. The van der Waals surface area contributed by atoms with E-state index in [1.807, 2.05) is 30.3 Å². The Kier molecular flexibility index (Phi) is 4.53. The highest BCUT2D eigenvalue weighted by atomic mass is 35.5. The Labute approximate surface area is 116 Å². The molecule has 2 N–H and O–H groups in total. The molecule has 0 saturated heterocycles. The first kappa shape index (κ1) is 13.1. The first-order valence-corrected chi connectivity index (χ1v) is 6.02. The second-order valence-electron chi connectivity index (χ2n) is 3.75. The number of carbonyl (C=O) groups is 1. The fourth-order valence-corrected chi connectivity index (χ4v) is 1.62. The normalized spacial score (nSPS) is 10.4. The van der Waals surface area contributed by atoms with E-state index in [4.69, 9.17) is 11.6 Å². The van der Waals surface area contributed by atoms with Crippen LogP contribution >= 0.6 is 11.6 Å². The van der Waals surface area contributed by atoms with E-state index in [1.54, 1.807) is 30.5 Å². The monoisotopic (exact) mass is 273 g/mol. The summed E-state index contributed by atoms with van der Waals surface area (Å²) >= 11 is 5.81. The third-order valence-corrected chi connectivity index (χ3v) is 2.50. The molecule has 5 heteroatoms. The number of nitrogens with one attached hydrogen (secondary N) is 2. The van der Waals surface area contributed by atoms with E-state index in [-0.39, 0.29) is 0 Å². The van der Waals surface area contributed by atoms with E-state index in [0.717, 1.165) is 5.56 Å². The fourth-order valence-electron chi connectivity index (χ4n) is 1.43. The van der Waals surface area contributed by atoms with Crippen LogP contribution in [0.4, 0.5) is 10.5 Å². The van der Waals surface area contributed by atoms with Crippen LogP contribution < -0.4 is 10.7 Å². The number of rotatable bonds is 3. The highest BCUT2D eigenvalue weighted by molar-refractivity contribution is 6.30. The van der Waals surface area contributed by atoms with Crippen molar-refractivity contribution in [3.05, 3.63) is 65.2 Å². The maximum absolute atomic E-state index is 11.5. The summed E-state index contributed by atoms with van der Waals surface area (Å²) in [4.78, 5) is 11.5. The summed E-state index contributed by atoms with van der Waals surface area (Å²) in [6.45, 7) is 0. The molecule has 0 radical (unpaired) electrons. The molecule has 0 atom stereocenters. The summed E-state index contributed by atoms with van der Waals surface area (Å²) < 4.78 is 0. The predicted molar refractivity (Wildman–Crippen MR) is 77.6 cm³/mol. The Bertz CT molecular complexity index is 584. The first-order valence-electron chi connectivity index (χ1n) is 5.65. The summed E-state index contributed by atoms with van der Waals surface area (Å²) in [5.74, 6) is 0. The lowest BCUT2D eigenvalue weighted by Gasteiger charge is -2.03. The van der Waals surface area contributed by atoms with Crippen molar-refractivity contribution in [2.45, 2.75) is 0 Å². The Morgan fingerprint density at radius 2 is 1.89 bits per heavy atom. The van der Waals surface area contributed by atoms with Crippen LogP contribution in [0.3, 0.4) is 0 Å². The van der Waals surface area contributed by atoms with Crippen molar-refractivity contribution in [2.75, 3.05) is 5.32 Å². The van der Waals surface area contributed by atoms with Gasteiger partial charge >= 0.3 is 6.03 Å². The lowest BCUT2D eigenvalue weighted by molar-refractivity contribution is 0.252. The molecule has 2 amide bonds. The molecule has 2 rings (SSSR count). The van der Waals surface area contributed by atoms with Crippen molar-refractivity contribution in [3.8, 4) is 0 Å². The molecule has 2 aromatic rings. The average molecular weight is 274 g/mol. The first-order chi connectivity index (χ1) is 9.24. The highest BCUT2D eigenvalue weighted by Gasteiger charge is 1.99. The minimum Gasteiger partial charge on any atom is -0.306 e. The third kappa shape index (κ3) is 4.44. The van der Waals surface area contributed by atoms with Crippen LogP contribution in [0.25, 0.3) is 0 Å². The Morgan fingerprint density at radius 1 is 1.11 bits per heavy atom. The van der Waals surface area contributed by atoms with Crippen molar-refractivity contribution < 1.29 is 4.79 Å². The summed E-state index contributed by atoms with van der Waals surface area (Å²) in [6.07, 6.45) is 1.57. The van der Waals surface area contributed by atoms with Gasteiger partial charge in [-0.05, 0) is 23.8 Å². The Balaban J connectivity index is 1.87. The van der Waals surface area contributed by atoms with Crippen LogP contribution in [-0.2, 0) is 0 Å². The summed E-state index contributed by atoms with van der Waals surface area (Å²) in [5.41, 5.74) is 3.89. The molecule has 2 aromatic carbocycles. The number of nitrogens with zero attached hydrogens (tertiary/aromatic N) is 1. The molecule has 0 bridgehead atoms. The number of anilines is 1. The summed E-state index contributed by atoms with van der Waals surface area (Å²) in [6, 6.07) is 15.9. The van der Waals surface area contributed by atoms with Gasteiger partial charge in [0.2, 0.25) is 0 Å². The molecule has 4 nitrogen and oxygen atoms in total. The van der Waals surface area contributed by atoms with Gasteiger partial charge in [0.1, 0.15) is 0 Å². The molecule has 0 spiro atoms. The van der Waals surface area contributed by atoms with E-state index in [1.165, 1.54) is 0 Å². The van der Waals surface area contributed by atoms with Crippen molar-refractivity contribution in [2.24, 2.45) is 5.10 Å². The van der Waals surface area contributed by atoms with Gasteiger partial charge < -0.3 is 5.32 Å². The molecular weight excluding hydrogens is 262 g/mol. The molecule has 0 aromatic heterocycles. The van der Waals surface area contributed by atoms with Gasteiger partial charge in [-0.15, -0.1) is 0 Å². The Hall–Kier alpha value is -2.33. The number of amides is 2. The third-order valence-electron chi connectivity index (χ3n) is 2.26. The molecule has 0 unspecified atom stereocenters. The van der Waals surface area contributed by atoms with Crippen molar-refractivity contribution in [1.82, 2.24) is 5.43 Å². The zero-order valence-corrected chi connectivity index (χ0v) is 10.8. The lowest BCUT2D eigenvalue weighted by atomic mass is 10.2. The number of halogens is 1.